The van der Waals surface area contributed by atoms with E-state index in [1.165, 1.54) is 18.3 Å². The molecule has 26 heavy (non-hydrogen) atoms. The molecule has 0 aliphatic carbocycles. The minimum absolute atomic E-state index is 0.0773. The van der Waals surface area contributed by atoms with Crippen LogP contribution in [-0.4, -0.2) is 28.0 Å². The van der Waals surface area contributed by atoms with Crippen molar-refractivity contribution in [3.8, 4) is 0 Å². The molecule has 2 aromatic rings. The maximum atomic E-state index is 15.0. The fraction of sp³-hybridized carbons (Fsp3) is 0.353. The Bertz CT molecular complexity index is 943. The molecule has 7 nitrogen and oxygen atoms in total. The molecule has 0 radical (unpaired) electrons. The molecule has 1 aliphatic heterocycles. The highest BCUT2D eigenvalue weighted by Gasteiger charge is 2.47. The monoisotopic (exact) mass is 382 g/mol. The number of nitrogens with zero attached hydrogens (tertiary/aromatic N) is 1. The van der Waals surface area contributed by atoms with E-state index in [2.05, 4.69) is 4.98 Å². The van der Waals surface area contributed by atoms with Crippen LogP contribution >= 0.6 is 11.6 Å². The van der Waals surface area contributed by atoms with E-state index < -0.39 is 35.9 Å². The lowest BCUT2D eigenvalue weighted by Gasteiger charge is -2.21. The molecule has 3 atom stereocenters. The van der Waals surface area contributed by atoms with Gasteiger partial charge in [0.15, 0.2) is 6.61 Å². The van der Waals surface area contributed by atoms with Crippen LogP contribution in [0.3, 0.4) is 0 Å². The van der Waals surface area contributed by atoms with Crippen LogP contribution in [0.2, 0.25) is 5.02 Å². The summed E-state index contributed by atoms with van der Waals surface area (Å²) in [5.74, 6) is -3.35. The number of alkyl halides is 1. The minimum Gasteiger partial charge on any atom is -0.456 e. The molecule has 9 heteroatoms. The number of carbonyl (C=O) groups excluding carboxylic acids is 1. The van der Waals surface area contributed by atoms with Crippen LogP contribution in [0.4, 0.5) is 4.39 Å². The van der Waals surface area contributed by atoms with Crippen LogP contribution in [0.1, 0.15) is 29.9 Å². The molecule has 0 amide bonds. The number of benzene rings is 1. The highest BCUT2D eigenvalue weighted by Crippen LogP contribution is 2.41. The molecule has 0 bridgehead atoms. The van der Waals surface area contributed by atoms with Gasteiger partial charge in [0.05, 0.1) is 5.56 Å². The average Bonchev–Trinajstić information content (AvgIpc) is 2.88. The summed E-state index contributed by atoms with van der Waals surface area (Å²) >= 11 is 5.81. The Balaban J connectivity index is 1.70. The molecule has 1 N–H and O–H groups in total. The van der Waals surface area contributed by atoms with Crippen molar-refractivity contribution in [2.24, 2.45) is 5.92 Å². The van der Waals surface area contributed by atoms with Gasteiger partial charge in [-0.1, -0.05) is 24.6 Å². The Morgan fingerprint density at radius 1 is 1.46 bits per heavy atom. The summed E-state index contributed by atoms with van der Waals surface area (Å²) in [6, 6.07) is 7.24. The number of halogens is 2. The van der Waals surface area contributed by atoms with E-state index in [4.69, 9.17) is 21.1 Å². The van der Waals surface area contributed by atoms with Gasteiger partial charge in [-0.3, -0.25) is 14.3 Å². The second kappa shape index (κ2) is 7.05. The summed E-state index contributed by atoms with van der Waals surface area (Å²) in [6.07, 6.45) is 0.243. The summed E-state index contributed by atoms with van der Waals surface area (Å²) in [6.45, 7) is 1.07. The lowest BCUT2D eigenvalue weighted by Crippen LogP contribution is -2.35. The van der Waals surface area contributed by atoms with Gasteiger partial charge in [0, 0.05) is 29.6 Å². The first kappa shape index (κ1) is 18.3. The predicted molar refractivity (Wildman–Crippen MR) is 90.8 cm³/mol. The summed E-state index contributed by atoms with van der Waals surface area (Å²) in [4.78, 5) is 37.1. The van der Waals surface area contributed by atoms with Gasteiger partial charge in [-0.05, 0) is 18.2 Å². The zero-order valence-corrected chi connectivity index (χ0v) is 14.5. The molecule has 1 aromatic carbocycles. The van der Waals surface area contributed by atoms with Gasteiger partial charge in [0.1, 0.15) is 6.23 Å². The Labute approximate surface area is 152 Å². The van der Waals surface area contributed by atoms with E-state index in [0.29, 0.717) is 5.02 Å². The molecular weight excluding hydrogens is 367 g/mol. The molecule has 3 rings (SSSR count). The third-order valence-corrected chi connectivity index (χ3v) is 4.29. The van der Waals surface area contributed by atoms with Gasteiger partial charge in [0.2, 0.25) is 5.85 Å². The zero-order chi connectivity index (χ0) is 18.9. The first-order chi connectivity index (χ1) is 12.3. The number of esters is 1. The SMILES string of the molecule is C[C@H]1C[C@@](F)(COC(=O)c2cccc(Cl)c2)O[C@H]1n1ccc(=O)[nH]c1=O. The highest BCUT2D eigenvalue weighted by atomic mass is 35.5. The molecule has 0 unspecified atom stereocenters. The van der Waals surface area contributed by atoms with Crippen molar-refractivity contribution in [3.05, 3.63) is 68.0 Å². The second-order valence-electron chi connectivity index (χ2n) is 6.18. The molecule has 2 heterocycles. The number of H-pyrrole nitrogens is 1. The quantitative estimate of drug-likeness (QED) is 0.819. The first-order valence-corrected chi connectivity index (χ1v) is 8.26. The van der Waals surface area contributed by atoms with Crippen LogP contribution in [0.5, 0.6) is 0 Å². The first-order valence-electron chi connectivity index (χ1n) is 7.88. The largest absolute Gasteiger partial charge is 0.456 e. The van der Waals surface area contributed by atoms with Crippen LogP contribution in [0.15, 0.2) is 46.1 Å². The van der Waals surface area contributed by atoms with Crippen LogP contribution in [-0.2, 0) is 9.47 Å². The number of nitrogens with one attached hydrogen (secondary N) is 1. The van der Waals surface area contributed by atoms with Crippen molar-refractivity contribution in [3.63, 3.8) is 0 Å². The number of aromatic nitrogens is 2. The van der Waals surface area contributed by atoms with E-state index in [1.807, 2.05) is 0 Å². The van der Waals surface area contributed by atoms with Crippen molar-refractivity contribution in [1.82, 2.24) is 9.55 Å². The lowest BCUT2D eigenvalue weighted by molar-refractivity contribution is -0.179. The fourth-order valence-corrected chi connectivity index (χ4v) is 3.08. The topological polar surface area (TPSA) is 90.4 Å². The maximum Gasteiger partial charge on any atom is 0.338 e. The Kier molecular flexibility index (Phi) is 4.97. The maximum absolute atomic E-state index is 15.0. The van der Waals surface area contributed by atoms with Crippen molar-refractivity contribution in [2.45, 2.75) is 25.4 Å². The van der Waals surface area contributed by atoms with Crippen molar-refractivity contribution >= 4 is 17.6 Å². The molecule has 0 saturated carbocycles. The minimum atomic E-state index is -2.24. The zero-order valence-electron chi connectivity index (χ0n) is 13.8. The van der Waals surface area contributed by atoms with E-state index >= 15 is 0 Å². The van der Waals surface area contributed by atoms with Crippen molar-refractivity contribution < 1.29 is 18.7 Å². The molecule has 0 spiro atoms. The van der Waals surface area contributed by atoms with Gasteiger partial charge in [-0.2, -0.15) is 0 Å². The summed E-state index contributed by atoms with van der Waals surface area (Å²) < 4.78 is 26.4. The number of carbonyl (C=O) groups is 1. The van der Waals surface area contributed by atoms with Crippen molar-refractivity contribution in [1.29, 1.82) is 0 Å². The molecule has 1 aromatic heterocycles. The number of rotatable bonds is 4. The lowest BCUT2D eigenvalue weighted by atomic mass is 10.0. The Morgan fingerprint density at radius 3 is 2.92 bits per heavy atom. The molecular formula is C17H16ClFN2O5. The number of hydrogen-bond acceptors (Lipinski definition) is 5. The summed E-state index contributed by atoms with van der Waals surface area (Å²) in [5.41, 5.74) is -1.06. The van der Waals surface area contributed by atoms with Gasteiger partial charge in [0.25, 0.3) is 5.56 Å². The van der Waals surface area contributed by atoms with E-state index in [-0.39, 0.29) is 17.9 Å². The molecule has 1 fully saturated rings. The number of hydrogen-bond donors (Lipinski definition) is 1. The second-order valence-corrected chi connectivity index (χ2v) is 6.61. The average molecular weight is 383 g/mol. The van der Waals surface area contributed by atoms with Gasteiger partial charge < -0.3 is 9.47 Å². The molecule has 138 valence electrons. The third-order valence-electron chi connectivity index (χ3n) is 4.05. The van der Waals surface area contributed by atoms with Crippen LogP contribution in [0, 0.1) is 5.92 Å². The van der Waals surface area contributed by atoms with E-state index in [9.17, 15) is 18.8 Å². The van der Waals surface area contributed by atoms with E-state index in [1.54, 1.807) is 19.1 Å². The van der Waals surface area contributed by atoms with Gasteiger partial charge in [-0.15, -0.1) is 0 Å². The number of ether oxygens (including phenoxy) is 2. The molecule has 1 saturated heterocycles. The Hall–Kier alpha value is -2.45. The predicted octanol–water partition coefficient (Wildman–Crippen LogP) is 2.27. The standard InChI is InChI=1S/C17H16ClFN2O5/c1-10-8-17(19,9-25-15(23)11-3-2-4-12(18)7-11)26-14(10)21-6-5-13(22)20-16(21)24/h2-7,10,14H,8-9H2,1H3,(H,20,22,24)/t10-,14+,17-/m0/s1. The fourth-order valence-electron chi connectivity index (χ4n) is 2.89. The summed E-state index contributed by atoms with van der Waals surface area (Å²) in [7, 11) is 0. The van der Waals surface area contributed by atoms with Crippen molar-refractivity contribution in [2.75, 3.05) is 6.61 Å². The van der Waals surface area contributed by atoms with Gasteiger partial charge in [-0.25, -0.2) is 14.0 Å². The normalized spacial score (nSPS) is 25.2. The van der Waals surface area contributed by atoms with Crippen LogP contribution in [0.25, 0.3) is 0 Å². The van der Waals surface area contributed by atoms with Crippen LogP contribution < -0.4 is 11.2 Å². The van der Waals surface area contributed by atoms with E-state index in [0.717, 1.165) is 10.6 Å². The molecule has 1 aliphatic rings. The number of aromatic amines is 1. The Morgan fingerprint density at radius 2 is 2.23 bits per heavy atom. The summed E-state index contributed by atoms with van der Waals surface area (Å²) in [5, 5.41) is 0.359. The highest BCUT2D eigenvalue weighted by molar-refractivity contribution is 6.30. The smallest absolute Gasteiger partial charge is 0.338 e. The third kappa shape index (κ3) is 3.86. The van der Waals surface area contributed by atoms with Gasteiger partial charge >= 0.3 is 11.7 Å².